The SMILES string of the molecule is COC(=O)c1[nH]c(=O)n(C)c1-c1cccc(Cl)c1. The molecular weight excluding hydrogens is 256 g/mol. The van der Waals surface area contributed by atoms with E-state index in [1.165, 1.54) is 11.7 Å². The third-order valence-electron chi connectivity index (χ3n) is 2.60. The second kappa shape index (κ2) is 4.70. The number of halogens is 1. The van der Waals surface area contributed by atoms with Gasteiger partial charge in [-0.15, -0.1) is 0 Å². The van der Waals surface area contributed by atoms with E-state index in [0.29, 0.717) is 16.3 Å². The molecule has 0 bridgehead atoms. The van der Waals surface area contributed by atoms with Gasteiger partial charge in [-0.25, -0.2) is 9.59 Å². The highest BCUT2D eigenvalue weighted by Gasteiger charge is 2.20. The molecule has 0 fully saturated rings. The zero-order valence-corrected chi connectivity index (χ0v) is 10.6. The van der Waals surface area contributed by atoms with Crippen LogP contribution in [0, 0.1) is 0 Å². The van der Waals surface area contributed by atoms with Crippen molar-refractivity contribution in [3.63, 3.8) is 0 Å². The first kappa shape index (κ1) is 12.4. The molecule has 18 heavy (non-hydrogen) atoms. The number of rotatable bonds is 2. The van der Waals surface area contributed by atoms with E-state index >= 15 is 0 Å². The van der Waals surface area contributed by atoms with Crippen molar-refractivity contribution < 1.29 is 9.53 Å². The maximum Gasteiger partial charge on any atom is 0.356 e. The smallest absolute Gasteiger partial charge is 0.356 e. The highest BCUT2D eigenvalue weighted by Crippen LogP contribution is 2.24. The van der Waals surface area contributed by atoms with Crippen LogP contribution in [0.5, 0.6) is 0 Å². The number of carbonyl (C=O) groups is 1. The number of hydrogen-bond acceptors (Lipinski definition) is 3. The highest BCUT2D eigenvalue weighted by molar-refractivity contribution is 6.30. The Balaban J connectivity index is 2.70. The van der Waals surface area contributed by atoms with Gasteiger partial charge in [0.25, 0.3) is 0 Å². The molecule has 1 aromatic heterocycles. The second-order valence-electron chi connectivity index (χ2n) is 3.71. The molecule has 1 heterocycles. The fraction of sp³-hybridized carbons (Fsp3) is 0.167. The van der Waals surface area contributed by atoms with Crippen molar-refractivity contribution in [1.29, 1.82) is 0 Å². The van der Waals surface area contributed by atoms with Gasteiger partial charge in [0.15, 0.2) is 5.69 Å². The van der Waals surface area contributed by atoms with E-state index in [0.717, 1.165) is 0 Å². The lowest BCUT2D eigenvalue weighted by Crippen LogP contribution is -2.13. The van der Waals surface area contributed by atoms with Gasteiger partial charge in [0.05, 0.1) is 12.8 Å². The summed E-state index contributed by atoms with van der Waals surface area (Å²) in [6, 6.07) is 6.90. The molecule has 94 valence electrons. The zero-order chi connectivity index (χ0) is 13.3. The number of aromatic nitrogens is 2. The van der Waals surface area contributed by atoms with Crippen LogP contribution in [0.25, 0.3) is 11.3 Å². The van der Waals surface area contributed by atoms with Crippen LogP contribution in [-0.4, -0.2) is 22.6 Å². The van der Waals surface area contributed by atoms with Crippen molar-refractivity contribution in [1.82, 2.24) is 9.55 Å². The molecule has 0 spiro atoms. The third-order valence-corrected chi connectivity index (χ3v) is 2.83. The number of nitrogens with one attached hydrogen (secondary N) is 1. The van der Waals surface area contributed by atoms with Gasteiger partial charge in [-0.3, -0.25) is 9.55 Å². The van der Waals surface area contributed by atoms with Crippen molar-refractivity contribution in [2.24, 2.45) is 7.05 Å². The fourth-order valence-electron chi connectivity index (χ4n) is 1.74. The van der Waals surface area contributed by atoms with Crippen LogP contribution in [0.15, 0.2) is 29.1 Å². The standard InChI is InChI=1S/C12H11ClN2O3/c1-15-10(7-4-3-5-8(13)6-7)9(11(16)18-2)14-12(15)17/h3-6H,1-2H3,(H,14,17). The van der Waals surface area contributed by atoms with E-state index in [2.05, 4.69) is 9.72 Å². The first-order valence-electron chi connectivity index (χ1n) is 5.18. The topological polar surface area (TPSA) is 64.1 Å². The minimum Gasteiger partial charge on any atom is -0.464 e. The van der Waals surface area contributed by atoms with Crippen LogP contribution in [0.1, 0.15) is 10.5 Å². The summed E-state index contributed by atoms with van der Waals surface area (Å²) in [5.74, 6) is -0.595. The van der Waals surface area contributed by atoms with Crippen LogP contribution in [0.4, 0.5) is 0 Å². The number of hydrogen-bond donors (Lipinski definition) is 1. The molecule has 0 radical (unpaired) electrons. The average molecular weight is 267 g/mol. The van der Waals surface area contributed by atoms with E-state index in [4.69, 9.17) is 11.6 Å². The number of esters is 1. The van der Waals surface area contributed by atoms with Crippen molar-refractivity contribution >= 4 is 17.6 Å². The van der Waals surface area contributed by atoms with Crippen molar-refractivity contribution in [2.75, 3.05) is 7.11 Å². The maximum atomic E-state index is 11.6. The third kappa shape index (κ3) is 2.04. The predicted octanol–water partition coefficient (Wildman–Crippen LogP) is 1.82. The number of H-pyrrole nitrogens is 1. The number of nitrogens with zero attached hydrogens (tertiary/aromatic N) is 1. The summed E-state index contributed by atoms with van der Waals surface area (Å²) in [4.78, 5) is 25.7. The van der Waals surface area contributed by atoms with E-state index < -0.39 is 5.97 Å². The van der Waals surface area contributed by atoms with Crippen LogP contribution in [-0.2, 0) is 11.8 Å². The average Bonchev–Trinajstić information content (AvgIpc) is 2.65. The van der Waals surface area contributed by atoms with Crippen molar-refractivity contribution in [2.45, 2.75) is 0 Å². The Morgan fingerprint density at radius 1 is 1.44 bits per heavy atom. The number of carbonyl (C=O) groups excluding carboxylic acids is 1. The van der Waals surface area contributed by atoms with Gasteiger partial charge in [0, 0.05) is 17.6 Å². The van der Waals surface area contributed by atoms with Gasteiger partial charge in [0.2, 0.25) is 0 Å². The van der Waals surface area contributed by atoms with Gasteiger partial charge in [-0.2, -0.15) is 0 Å². The lowest BCUT2D eigenvalue weighted by atomic mass is 10.1. The molecule has 0 atom stereocenters. The second-order valence-corrected chi connectivity index (χ2v) is 4.15. The minimum atomic E-state index is -0.595. The molecule has 0 aliphatic carbocycles. The molecule has 0 aliphatic rings. The molecule has 6 heteroatoms. The molecule has 0 saturated carbocycles. The summed E-state index contributed by atoms with van der Waals surface area (Å²) in [7, 11) is 2.83. The van der Waals surface area contributed by atoms with Crippen molar-refractivity contribution in [3.8, 4) is 11.3 Å². The number of benzene rings is 1. The van der Waals surface area contributed by atoms with Crippen LogP contribution < -0.4 is 5.69 Å². The Morgan fingerprint density at radius 2 is 2.17 bits per heavy atom. The molecule has 0 aliphatic heterocycles. The van der Waals surface area contributed by atoms with Crippen LogP contribution in [0.2, 0.25) is 5.02 Å². The monoisotopic (exact) mass is 266 g/mol. The van der Waals surface area contributed by atoms with Crippen LogP contribution in [0.3, 0.4) is 0 Å². The van der Waals surface area contributed by atoms with Gasteiger partial charge in [0.1, 0.15) is 0 Å². The lowest BCUT2D eigenvalue weighted by molar-refractivity contribution is 0.0595. The Hall–Kier alpha value is -2.01. The van der Waals surface area contributed by atoms with E-state index in [1.54, 1.807) is 31.3 Å². The quantitative estimate of drug-likeness (QED) is 0.844. The van der Waals surface area contributed by atoms with E-state index in [-0.39, 0.29) is 11.4 Å². The summed E-state index contributed by atoms with van der Waals surface area (Å²) in [5, 5.41) is 0.525. The summed E-state index contributed by atoms with van der Waals surface area (Å²) in [6.07, 6.45) is 0. The summed E-state index contributed by atoms with van der Waals surface area (Å²) < 4.78 is 5.99. The molecule has 5 nitrogen and oxygen atoms in total. The highest BCUT2D eigenvalue weighted by atomic mass is 35.5. The molecule has 0 unspecified atom stereocenters. The molecule has 2 rings (SSSR count). The van der Waals surface area contributed by atoms with Crippen molar-refractivity contribution in [3.05, 3.63) is 45.5 Å². The number of aromatic amines is 1. The summed E-state index contributed by atoms with van der Waals surface area (Å²) in [5.41, 5.74) is 0.857. The first-order chi connectivity index (χ1) is 8.54. The molecule has 1 N–H and O–H groups in total. The molecule has 0 saturated heterocycles. The van der Waals surface area contributed by atoms with Gasteiger partial charge in [-0.05, 0) is 12.1 Å². The molecule has 0 amide bonds. The van der Waals surface area contributed by atoms with Gasteiger partial charge < -0.3 is 4.74 Å². The summed E-state index contributed by atoms with van der Waals surface area (Å²) >= 11 is 5.91. The Morgan fingerprint density at radius 3 is 2.78 bits per heavy atom. The molecule has 1 aromatic carbocycles. The zero-order valence-electron chi connectivity index (χ0n) is 9.86. The molecular formula is C12H11ClN2O3. The number of methoxy groups -OCH3 is 1. The number of ether oxygens (including phenoxy) is 1. The Kier molecular flexibility index (Phi) is 3.25. The van der Waals surface area contributed by atoms with Crippen LogP contribution >= 0.6 is 11.6 Å². The maximum absolute atomic E-state index is 11.6. The first-order valence-corrected chi connectivity index (χ1v) is 5.55. The largest absolute Gasteiger partial charge is 0.464 e. The van der Waals surface area contributed by atoms with E-state index in [1.807, 2.05) is 0 Å². The minimum absolute atomic E-state index is 0.118. The predicted molar refractivity (Wildman–Crippen MR) is 67.8 cm³/mol. The lowest BCUT2D eigenvalue weighted by Gasteiger charge is -2.05. The Bertz CT molecular complexity index is 658. The number of imidazole rings is 1. The van der Waals surface area contributed by atoms with Gasteiger partial charge in [-0.1, -0.05) is 23.7 Å². The van der Waals surface area contributed by atoms with E-state index in [9.17, 15) is 9.59 Å². The normalized spacial score (nSPS) is 10.4. The summed E-state index contributed by atoms with van der Waals surface area (Å²) in [6.45, 7) is 0. The Labute approximate surface area is 108 Å². The van der Waals surface area contributed by atoms with Gasteiger partial charge >= 0.3 is 11.7 Å². The fourth-order valence-corrected chi connectivity index (χ4v) is 1.93. The molecule has 2 aromatic rings.